The average molecular weight is 695 g/mol. The number of furan rings is 2. The van der Waals surface area contributed by atoms with Gasteiger partial charge in [0.2, 0.25) is 5.89 Å². The van der Waals surface area contributed by atoms with Crippen molar-refractivity contribution in [2.75, 3.05) is 4.90 Å². The summed E-state index contributed by atoms with van der Waals surface area (Å²) in [5.74, 6) is 0.594. The number of rotatable bonds is 6. The molecule has 11 rings (SSSR count). The van der Waals surface area contributed by atoms with E-state index in [1.165, 1.54) is 0 Å². The standard InChI is InChI=1S/C49H30N2O3/c1-3-12-31(13-4-1)36-16-7-9-19-42(36)51(35-26-27-39-38-17-8-10-20-43(38)52-45(39)28-35)34-24-22-32(23-25-34)37-18-11-21-44-48(37)40-29-41-47(30-46(40)53-44)54-49(50-41)33-14-5-2-6-15-33/h1-30H. The summed E-state index contributed by atoms with van der Waals surface area (Å²) in [6.07, 6.45) is 0. The minimum atomic E-state index is 0.594. The van der Waals surface area contributed by atoms with E-state index in [9.17, 15) is 0 Å². The van der Waals surface area contributed by atoms with E-state index in [0.29, 0.717) is 11.5 Å². The summed E-state index contributed by atoms with van der Waals surface area (Å²) in [4.78, 5) is 7.17. The molecule has 0 aliphatic heterocycles. The lowest BCUT2D eigenvalue weighted by molar-refractivity contribution is 0.617. The number of nitrogens with zero attached hydrogens (tertiary/aromatic N) is 2. The molecule has 5 heteroatoms. The number of aromatic nitrogens is 1. The summed E-state index contributed by atoms with van der Waals surface area (Å²) >= 11 is 0. The van der Waals surface area contributed by atoms with Crippen LogP contribution in [-0.4, -0.2) is 4.98 Å². The Labute approximate surface area is 309 Å². The Morgan fingerprint density at radius 3 is 1.85 bits per heavy atom. The fourth-order valence-electron chi connectivity index (χ4n) is 7.79. The van der Waals surface area contributed by atoms with E-state index >= 15 is 0 Å². The van der Waals surface area contributed by atoms with Crippen molar-refractivity contribution in [3.05, 3.63) is 182 Å². The van der Waals surface area contributed by atoms with Crippen molar-refractivity contribution in [1.29, 1.82) is 0 Å². The fraction of sp³-hybridized carbons (Fsp3) is 0. The summed E-state index contributed by atoms with van der Waals surface area (Å²) in [5, 5.41) is 4.26. The summed E-state index contributed by atoms with van der Waals surface area (Å²) in [6, 6.07) is 62.9. The van der Waals surface area contributed by atoms with Gasteiger partial charge in [-0.3, -0.25) is 0 Å². The van der Waals surface area contributed by atoms with Crippen molar-refractivity contribution in [1.82, 2.24) is 4.98 Å². The Morgan fingerprint density at radius 1 is 0.370 bits per heavy atom. The molecule has 3 aromatic heterocycles. The van der Waals surface area contributed by atoms with E-state index in [2.05, 4.69) is 132 Å². The highest BCUT2D eigenvalue weighted by atomic mass is 16.4. The van der Waals surface area contributed by atoms with Crippen LogP contribution in [0, 0.1) is 0 Å². The number of benzene rings is 8. The number of hydrogen-bond acceptors (Lipinski definition) is 5. The second kappa shape index (κ2) is 12.1. The Kier molecular flexibility index (Phi) is 6.79. The fourth-order valence-corrected chi connectivity index (χ4v) is 7.79. The molecule has 0 unspecified atom stereocenters. The summed E-state index contributed by atoms with van der Waals surface area (Å²) < 4.78 is 19.0. The molecule has 0 saturated heterocycles. The van der Waals surface area contributed by atoms with Gasteiger partial charge in [0.15, 0.2) is 5.58 Å². The van der Waals surface area contributed by atoms with Crippen LogP contribution in [0.1, 0.15) is 0 Å². The van der Waals surface area contributed by atoms with Crippen LogP contribution < -0.4 is 4.90 Å². The van der Waals surface area contributed by atoms with Crippen molar-refractivity contribution in [3.8, 4) is 33.7 Å². The second-order valence-corrected chi connectivity index (χ2v) is 13.5. The van der Waals surface area contributed by atoms with Gasteiger partial charge >= 0.3 is 0 Å². The van der Waals surface area contributed by atoms with Crippen LogP contribution in [0.25, 0.3) is 88.7 Å². The van der Waals surface area contributed by atoms with Gasteiger partial charge in [-0.1, -0.05) is 109 Å². The smallest absolute Gasteiger partial charge is 0.227 e. The monoisotopic (exact) mass is 694 g/mol. The molecule has 0 spiro atoms. The molecule has 0 aliphatic rings. The maximum absolute atomic E-state index is 6.42. The Hall–Kier alpha value is -7.37. The van der Waals surface area contributed by atoms with E-state index in [4.69, 9.17) is 18.2 Å². The largest absolute Gasteiger partial charge is 0.456 e. The van der Waals surface area contributed by atoms with Gasteiger partial charge in [0.05, 0.1) is 5.69 Å². The Morgan fingerprint density at radius 2 is 1.00 bits per heavy atom. The Balaban J connectivity index is 1.05. The molecular weight excluding hydrogens is 665 g/mol. The predicted molar refractivity (Wildman–Crippen MR) is 220 cm³/mol. The van der Waals surface area contributed by atoms with Crippen molar-refractivity contribution >= 4 is 72.0 Å². The first-order valence-electron chi connectivity index (χ1n) is 18.0. The minimum absolute atomic E-state index is 0.594. The van der Waals surface area contributed by atoms with Crippen LogP contribution in [0.4, 0.5) is 17.1 Å². The Bertz CT molecular complexity index is 3160. The van der Waals surface area contributed by atoms with Gasteiger partial charge in [0, 0.05) is 56.2 Å². The van der Waals surface area contributed by atoms with Gasteiger partial charge < -0.3 is 18.2 Å². The van der Waals surface area contributed by atoms with Crippen LogP contribution in [-0.2, 0) is 0 Å². The summed E-state index contributed by atoms with van der Waals surface area (Å²) in [7, 11) is 0. The first-order valence-corrected chi connectivity index (χ1v) is 18.0. The molecule has 0 amide bonds. The minimum Gasteiger partial charge on any atom is -0.456 e. The zero-order valence-electron chi connectivity index (χ0n) is 28.9. The van der Waals surface area contributed by atoms with Crippen LogP contribution in [0.15, 0.2) is 195 Å². The summed E-state index contributed by atoms with van der Waals surface area (Å²) in [5.41, 5.74) is 13.3. The van der Waals surface area contributed by atoms with Crippen molar-refractivity contribution in [2.45, 2.75) is 0 Å². The lowest BCUT2D eigenvalue weighted by atomic mass is 9.98. The highest BCUT2D eigenvalue weighted by Gasteiger charge is 2.20. The third-order valence-electron chi connectivity index (χ3n) is 10.3. The van der Waals surface area contributed by atoms with Gasteiger partial charge in [0.1, 0.15) is 27.8 Å². The number of hydrogen-bond donors (Lipinski definition) is 0. The quantitative estimate of drug-likeness (QED) is 0.173. The van der Waals surface area contributed by atoms with E-state index in [1.54, 1.807) is 0 Å². The molecule has 0 bridgehead atoms. The maximum Gasteiger partial charge on any atom is 0.227 e. The topological polar surface area (TPSA) is 55.6 Å². The molecule has 0 saturated carbocycles. The highest BCUT2D eigenvalue weighted by Crippen LogP contribution is 2.44. The van der Waals surface area contributed by atoms with E-state index < -0.39 is 0 Å². The van der Waals surface area contributed by atoms with Gasteiger partial charge in [-0.15, -0.1) is 0 Å². The molecule has 54 heavy (non-hydrogen) atoms. The molecule has 3 heterocycles. The highest BCUT2D eigenvalue weighted by molar-refractivity contribution is 6.15. The molecule has 8 aromatic carbocycles. The zero-order chi connectivity index (χ0) is 35.6. The average Bonchev–Trinajstić information content (AvgIpc) is 3.94. The van der Waals surface area contributed by atoms with Crippen molar-refractivity contribution < 1.29 is 13.3 Å². The number of fused-ring (bicyclic) bond motifs is 7. The van der Waals surface area contributed by atoms with Crippen molar-refractivity contribution in [2.24, 2.45) is 0 Å². The first kappa shape index (κ1) is 30.3. The lowest BCUT2D eigenvalue weighted by Gasteiger charge is -2.28. The molecule has 0 aliphatic carbocycles. The predicted octanol–water partition coefficient (Wildman–Crippen LogP) is 14.1. The van der Waals surface area contributed by atoms with E-state index in [-0.39, 0.29) is 0 Å². The molecule has 0 fully saturated rings. The molecule has 11 aromatic rings. The third kappa shape index (κ3) is 4.90. The van der Waals surface area contributed by atoms with Crippen LogP contribution in [0.2, 0.25) is 0 Å². The normalized spacial score (nSPS) is 11.7. The third-order valence-corrected chi connectivity index (χ3v) is 10.3. The number of oxazole rings is 1. The molecule has 0 atom stereocenters. The first-order chi connectivity index (χ1) is 26.7. The number of para-hydroxylation sites is 2. The van der Waals surface area contributed by atoms with E-state index in [1.807, 2.05) is 54.6 Å². The van der Waals surface area contributed by atoms with Gasteiger partial charge in [0.25, 0.3) is 0 Å². The molecule has 0 radical (unpaired) electrons. The van der Waals surface area contributed by atoms with Crippen LogP contribution in [0.3, 0.4) is 0 Å². The molecule has 5 nitrogen and oxygen atoms in total. The second-order valence-electron chi connectivity index (χ2n) is 13.5. The molecule has 0 N–H and O–H groups in total. The van der Waals surface area contributed by atoms with Crippen LogP contribution >= 0.6 is 0 Å². The van der Waals surface area contributed by atoms with Crippen molar-refractivity contribution in [3.63, 3.8) is 0 Å². The van der Waals surface area contributed by atoms with E-state index in [0.717, 1.165) is 94.3 Å². The lowest BCUT2D eigenvalue weighted by Crippen LogP contribution is -2.11. The number of anilines is 3. The summed E-state index contributed by atoms with van der Waals surface area (Å²) in [6.45, 7) is 0. The van der Waals surface area contributed by atoms with Crippen LogP contribution in [0.5, 0.6) is 0 Å². The maximum atomic E-state index is 6.42. The zero-order valence-corrected chi connectivity index (χ0v) is 28.9. The van der Waals surface area contributed by atoms with Gasteiger partial charge in [-0.05, 0) is 77.4 Å². The van der Waals surface area contributed by atoms with Gasteiger partial charge in [-0.2, -0.15) is 0 Å². The molecule has 254 valence electrons. The molecular formula is C49H30N2O3. The SMILES string of the molecule is c1ccc(-c2nc3cc4c(cc3o2)oc2cccc(-c3ccc(N(c5ccc6c(c5)oc5ccccc56)c5ccccc5-c5ccccc5)cc3)c24)cc1. The van der Waals surface area contributed by atoms with Gasteiger partial charge in [-0.25, -0.2) is 4.98 Å².